The van der Waals surface area contributed by atoms with Crippen molar-refractivity contribution in [1.82, 2.24) is 4.90 Å². The van der Waals surface area contributed by atoms with Gasteiger partial charge >= 0.3 is 0 Å². The van der Waals surface area contributed by atoms with Crippen LogP contribution in [0.3, 0.4) is 0 Å². The van der Waals surface area contributed by atoms with E-state index in [4.69, 9.17) is 32.7 Å². The van der Waals surface area contributed by atoms with Crippen LogP contribution in [0.5, 0.6) is 11.5 Å². The predicted octanol–water partition coefficient (Wildman–Crippen LogP) is 5.51. The third-order valence-electron chi connectivity index (χ3n) is 5.77. The molecule has 2 aliphatic heterocycles. The number of hydrogen-bond donors (Lipinski definition) is 0. The molecule has 5 nitrogen and oxygen atoms in total. The number of likely N-dealkylation sites (tertiary alicyclic amines) is 1. The van der Waals surface area contributed by atoms with Crippen LogP contribution in [-0.2, 0) is 4.79 Å². The Labute approximate surface area is 193 Å². The molecule has 1 atom stereocenters. The van der Waals surface area contributed by atoms with Crippen LogP contribution in [0.4, 0.5) is 5.69 Å². The molecule has 2 aliphatic rings. The van der Waals surface area contributed by atoms with Gasteiger partial charge in [-0.2, -0.15) is 0 Å². The zero-order chi connectivity index (χ0) is 21.8. The zero-order valence-corrected chi connectivity index (χ0v) is 19.0. The number of carbonyl (C=O) groups excluding carboxylic acids is 1. The Bertz CT molecular complexity index is 973. The summed E-state index contributed by atoms with van der Waals surface area (Å²) in [6.07, 6.45) is 7.47. The molecule has 0 aromatic heterocycles. The number of hydrogen-bond acceptors (Lipinski definition) is 4. The van der Waals surface area contributed by atoms with E-state index in [0.29, 0.717) is 28.2 Å². The number of anilines is 1. The van der Waals surface area contributed by atoms with Crippen molar-refractivity contribution in [2.45, 2.75) is 25.2 Å². The van der Waals surface area contributed by atoms with Crippen LogP contribution < -0.4 is 14.4 Å². The summed E-state index contributed by atoms with van der Waals surface area (Å²) in [6.45, 7) is 3.72. The molecule has 4 rings (SSSR count). The summed E-state index contributed by atoms with van der Waals surface area (Å²) in [5.41, 5.74) is 1.54. The molecule has 0 N–H and O–H groups in total. The summed E-state index contributed by atoms with van der Waals surface area (Å²) in [5.74, 6) is 0.832. The van der Waals surface area contributed by atoms with Gasteiger partial charge in [-0.25, -0.2) is 0 Å². The SMILES string of the molecule is COc1ccc(N2C=CC(c3ccc(Cl)c(Cl)c3)C2=O)cc1OCCN1CCCCC1. The molecule has 7 heteroatoms. The molecule has 1 saturated heterocycles. The quantitative estimate of drug-likeness (QED) is 0.545. The Morgan fingerprint density at radius 3 is 2.55 bits per heavy atom. The largest absolute Gasteiger partial charge is 0.493 e. The van der Waals surface area contributed by atoms with E-state index >= 15 is 0 Å². The normalized spacial score (nSPS) is 19.1. The van der Waals surface area contributed by atoms with Crippen LogP contribution in [0.25, 0.3) is 0 Å². The molecule has 1 amide bonds. The number of rotatable bonds is 7. The highest BCUT2D eigenvalue weighted by atomic mass is 35.5. The van der Waals surface area contributed by atoms with Crippen molar-refractivity contribution in [3.05, 3.63) is 64.3 Å². The van der Waals surface area contributed by atoms with Crippen LogP contribution in [0, 0.1) is 0 Å². The number of halogens is 2. The van der Waals surface area contributed by atoms with Crippen LogP contribution in [-0.4, -0.2) is 44.2 Å². The summed E-state index contributed by atoms with van der Waals surface area (Å²) in [4.78, 5) is 17.2. The highest BCUT2D eigenvalue weighted by molar-refractivity contribution is 6.42. The fraction of sp³-hybridized carbons (Fsp3) is 0.375. The molecule has 164 valence electrons. The standard InChI is InChI=1S/C24H26Cl2N2O3/c1-30-22-8-6-18(16-23(22)31-14-13-27-10-3-2-4-11-27)28-12-9-19(24(28)29)17-5-7-20(25)21(26)15-17/h5-9,12,15-16,19H,2-4,10-11,13-14H2,1H3. The van der Waals surface area contributed by atoms with Crippen LogP contribution >= 0.6 is 23.2 Å². The third-order valence-corrected chi connectivity index (χ3v) is 6.51. The fourth-order valence-electron chi connectivity index (χ4n) is 4.05. The smallest absolute Gasteiger partial charge is 0.242 e. The summed E-state index contributed by atoms with van der Waals surface area (Å²) < 4.78 is 11.5. The first-order valence-corrected chi connectivity index (χ1v) is 11.3. The van der Waals surface area contributed by atoms with Gasteiger partial charge < -0.3 is 9.47 Å². The van der Waals surface area contributed by atoms with Crippen molar-refractivity contribution in [2.75, 3.05) is 38.3 Å². The van der Waals surface area contributed by atoms with Crippen molar-refractivity contribution in [3.8, 4) is 11.5 Å². The Morgan fingerprint density at radius 1 is 1.00 bits per heavy atom. The highest BCUT2D eigenvalue weighted by Gasteiger charge is 2.30. The molecule has 0 saturated carbocycles. The average Bonchev–Trinajstić information content (AvgIpc) is 3.17. The lowest BCUT2D eigenvalue weighted by Crippen LogP contribution is -2.33. The monoisotopic (exact) mass is 460 g/mol. The topological polar surface area (TPSA) is 42.0 Å². The number of ether oxygens (including phenoxy) is 2. The molecular weight excluding hydrogens is 435 g/mol. The molecular formula is C24H26Cl2N2O3. The van der Waals surface area contributed by atoms with E-state index in [1.165, 1.54) is 19.3 Å². The van der Waals surface area contributed by atoms with Gasteiger partial charge in [0.1, 0.15) is 6.61 Å². The lowest BCUT2D eigenvalue weighted by Gasteiger charge is -2.26. The minimum Gasteiger partial charge on any atom is -0.493 e. The van der Waals surface area contributed by atoms with Crippen molar-refractivity contribution in [3.63, 3.8) is 0 Å². The molecule has 2 heterocycles. The summed E-state index contributed by atoms with van der Waals surface area (Å²) in [7, 11) is 1.62. The second-order valence-electron chi connectivity index (χ2n) is 7.79. The first-order chi connectivity index (χ1) is 15.1. The van der Waals surface area contributed by atoms with Crippen LogP contribution in [0.1, 0.15) is 30.7 Å². The van der Waals surface area contributed by atoms with E-state index in [1.54, 1.807) is 30.3 Å². The van der Waals surface area contributed by atoms with E-state index in [2.05, 4.69) is 4.90 Å². The molecule has 0 bridgehead atoms. The van der Waals surface area contributed by atoms with Crippen LogP contribution in [0.2, 0.25) is 10.0 Å². The van der Waals surface area contributed by atoms with E-state index in [9.17, 15) is 4.79 Å². The summed E-state index contributed by atoms with van der Waals surface area (Å²) in [6, 6.07) is 10.8. The summed E-state index contributed by atoms with van der Waals surface area (Å²) in [5, 5.41) is 0.908. The Kier molecular flexibility index (Phi) is 7.06. The zero-order valence-electron chi connectivity index (χ0n) is 17.5. The second kappa shape index (κ2) is 9.94. The minimum absolute atomic E-state index is 0.0529. The number of benzene rings is 2. The van der Waals surface area contributed by atoms with Gasteiger partial charge in [-0.3, -0.25) is 14.6 Å². The van der Waals surface area contributed by atoms with Crippen LogP contribution in [0.15, 0.2) is 48.7 Å². The number of methoxy groups -OCH3 is 1. The van der Waals surface area contributed by atoms with Gasteiger partial charge in [-0.15, -0.1) is 0 Å². The Morgan fingerprint density at radius 2 is 1.81 bits per heavy atom. The molecule has 0 aliphatic carbocycles. The third kappa shape index (κ3) is 5.00. The van der Waals surface area contributed by atoms with Gasteiger partial charge in [-0.05, 0) is 55.8 Å². The molecule has 1 unspecified atom stereocenters. The maximum Gasteiger partial charge on any atom is 0.242 e. The van der Waals surface area contributed by atoms with Gasteiger partial charge in [0, 0.05) is 18.8 Å². The number of carbonyl (C=O) groups is 1. The maximum absolute atomic E-state index is 13.1. The van der Waals surface area contributed by atoms with E-state index in [1.807, 2.05) is 30.3 Å². The van der Waals surface area contributed by atoms with Crippen molar-refractivity contribution in [2.24, 2.45) is 0 Å². The lowest BCUT2D eigenvalue weighted by molar-refractivity contribution is -0.117. The van der Waals surface area contributed by atoms with Gasteiger partial charge in [0.25, 0.3) is 0 Å². The van der Waals surface area contributed by atoms with E-state index in [0.717, 1.165) is 30.9 Å². The lowest BCUT2D eigenvalue weighted by atomic mass is 10.00. The van der Waals surface area contributed by atoms with E-state index in [-0.39, 0.29) is 5.91 Å². The maximum atomic E-state index is 13.1. The van der Waals surface area contributed by atoms with E-state index < -0.39 is 5.92 Å². The van der Waals surface area contributed by atoms with Gasteiger partial charge in [0.2, 0.25) is 5.91 Å². The number of amides is 1. The second-order valence-corrected chi connectivity index (χ2v) is 8.60. The van der Waals surface area contributed by atoms with Gasteiger partial charge in [-0.1, -0.05) is 41.8 Å². The minimum atomic E-state index is -0.402. The first kappa shape index (κ1) is 22.0. The summed E-state index contributed by atoms with van der Waals surface area (Å²) >= 11 is 12.1. The Hall–Kier alpha value is -2.21. The molecule has 0 radical (unpaired) electrons. The molecule has 1 fully saturated rings. The average molecular weight is 461 g/mol. The highest BCUT2D eigenvalue weighted by Crippen LogP contribution is 2.37. The predicted molar refractivity (Wildman–Crippen MR) is 125 cm³/mol. The molecule has 0 spiro atoms. The van der Waals surface area contributed by atoms with Gasteiger partial charge in [0.15, 0.2) is 11.5 Å². The number of nitrogens with zero attached hydrogens (tertiary/aromatic N) is 2. The number of piperidine rings is 1. The van der Waals surface area contributed by atoms with Gasteiger partial charge in [0.05, 0.1) is 28.8 Å². The molecule has 2 aromatic rings. The van der Waals surface area contributed by atoms with Crippen molar-refractivity contribution in [1.29, 1.82) is 0 Å². The first-order valence-electron chi connectivity index (χ1n) is 10.6. The molecule has 2 aromatic carbocycles. The van der Waals surface area contributed by atoms with Crippen molar-refractivity contribution < 1.29 is 14.3 Å². The fourth-order valence-corrected chi connectivity index (χ4v) is 4.35. The van der Waals surface area contributed by atoms with Crippen molar-refractivity contribution >= 4 is 34.8 Å². The Balaban J connectivity index is 1.46. The molecule has 31 heavy (non-hydrogen) atoms.